The monoisotopic (exact) mass is 547 g/mol. The lowest BCUT2D eigenvalue weighted by Gasteiger charge is -2.19. The zero-order valence-electron chi connectivity index (χ0n) is 22.6. The molecule has 3 rings (SSSR count). The fourth-order valence-electron chi connectivity index (χ4n) is 3.73. The van der Waals surface area contributed by atoms with Gasteiger partial charge in [-0.3, -0.25) is 25.4 Å². The second-order valence-electron chi connectivity index (χ2n) is 9.69. The van der Waals surface area contributed by atoms with Crippen LogP contribution in [0.25, 0.3) is 5.70 Å². The van der Waals surface area contributed by atoms with Crippen LogP contribution in [0.15, 0.2) is 94.4 Å². The van der Waals surface area contributed by atoms with Gasteiger partial charge in [0.25, 0.3) is 5.91 Å². The average Bonchev–Trinajstić information content (AvgIpc) is 2.93. The van der Waals surface area contributed by atoms with Gasteiger partial charge in [-0.2, -0.15) is 0 Å². The number of hydrogen-bond acceptors (Lipinski definition) is 7. The van der Waals surface area contributed by atoms with Crippen LogP contribution in [0.2, 0.25) is 0 Å². The van der Waals surface area contributed by atoms with E-state index in [0.29, 0.717) is 11.1 Å². The zero-order valence-corrected chi connectivity index (χ0v) is 23.4. The van der Waals surface area contributed by atoms with Crippen molar-refractivity contribution in [3.63, 3.8) is 0 Å². The molecule has 0 spiro atoms. The molecule has 3 aromatic carbocycles. The van der Waals surface area contributed by atoms with E-state index < -0.39 is 21.7 Å². The minimum absolute atomic E-state index is 0.0242. The number of hydrazine groups is 1. The highest BCUT2D eigenvalue weighted by molar-refractivity contribution is 7.89. The van der Waals surface area contributed by atoms with Crippen molar-refractivity contribution in [2.45, 2.75) is 31.1 Å². The molecule has 0 heterocycles. The quantitative estimate of drug-likeness (QED) is 0.184. The smallest absolute Gasteiger partial charge is 0.269 e. The van der Waals surface area contributed by atoms with E-state index in [4.69, 9.17) is 5.73 Å². The van der Waals surface area contributed by atoms with E-state index in [0.717, 1.165) is 5.56 Å². The van der Waals surface area contributed by atoms with Crippen LogP contribution in [-0.2, 0) is 20.2 Å². The third-order valence-electron chi connectivity index (χ3n) is 6.04. The van der Waals surface area contributed by atoms with Crippen LogP contribution in [-0.4, -0.2) is 39.9 Å². The molecule has 0 aliphatic rings. The van der Waals surface area contributed by atoms with Gasteiger partial charge >= 0.3 is 0 Å². The van der Waals surface area contributed by atoms with Gasteiger partial charge in [-0.15, -0.1) is 0 Å². The lowest BCUT2D eigenvalue weighted by atomic mass is 9.86. The number of benzene rings is 3. The van der Waals surface area contributed by atoms with Crippen molar-refractivity contribution in [3.05, 3.63) is 107 Å². The summed E-state index contributed by atoms with van der Waals surface area (Å²) in [6.07, 6.45) is 0. The van der Waals surface area contributed by atoms with Gasteiger partial charge in [0, 0.05) is 23.7 Å². The van der Waals surface area contributed by atoms with Crippen molar-refractivity contribution in [1.82, 2.24) is 15.6 Å². The molecule has 0 bridgehead atoms. The maximum Gasteiger partial charge on any atom is 0.269 e. The van der Waals surface area contributed by atoms with Crippen LogP contribution in [0.1, 0.15) is 47.8 Å². The number of nitrogens with one attached hydrogen (secondary N) is 3. The molecular formula is C29H33N5O4S. The summed E-state index contributed by atoms with van der Waals surface area (Å²) in [6, 6.07) is 21.8. The van der Waals surface area contributed by atoms with Crippen molar-refractivity contribution in [2.24, 2.45) is 10.7 Å². The van der Waals surface area contributed by atoms with E-state index in [2.05, 4.69) is 41.3 Å². The molecule has 204 valence electrons. The second kappa shape index (κ2) is 12.1. The van der Waals surface area contributed by atoms with Crippen molar-refractivity contribution < 1.29 is 18.0 Å². The Bertz CT molecular complexity index is 1500. The van der Waals surface area contributed by atoms with Crippen LogP contribution in [0.3, 0.4) is 0 Å². The molecule has 39 heavy (non-hydrogen) atoms. The molecule has 5 N–H and O–H groups in total. The summed E-state index contributed by atoms with van der Waals surface area (Å²) in [5.41, 5.74) is 14.4. The third kappa shape index (κ3) is 6.98. The van der Waals surface area contributed by atoms with Crippen LogP contribution in [0, 0.1) is 0 Å². The summed E-state index contributed by atoms with van der Waals surface area (Å²) in [7, 11) is -0.811. The van der Waals surface area contributed by atoms with E-state index in [1.54, 1.807) is 24.3 Å². The van der Waals surface area contributed by atoms with Crippen LogP contribution < -0.4 is 21.3 Å². The number of Topliss-reactive ketones (excluding diaryl/α,β-unsaturated/α-hetero) is 1. The van der Waals surface area contributed by atoms with Crippen LogP contribution >= 0.6 is 0 Å². The lowest BCUT2D eigenvalue weighted by molar-refractivity contribution is -0.109. The number of allylic oxidation sites excluding steroid dienone is 1. The molecule has 1 amide bonds. The Labute approximate surface area is 229 Å². The minimum Gasteiger partial charge on any atom is -0.394 e. The number of carbonyl (C=O) groups is 2. The molecule has 0 radical (unpaired) electrons. The number of rotatable bonds is 9. The Morgan fingerprint density at radius 3 is 1.87 bits per heavy atom. The van der Waals surface area contributed by atoms with Crippen LogP contribution in [0.4, 0.5) is 0 Å². The molecule has 0 aromatic heterocycles. The van der Waals surface area contributed by atoms with E-state index in [9.17, 15) is 18.0 Å². The molecule has 0 saturated heterocycles. The highest BCUT2D eigenvalue weighted by Gasteiger charge is 2.22. The number of sulfonamides is 1. The van der Waals surface area contributed by atoms with E-state index in [1.165, 1.54) is 38.4 Å². The molecule has 0 fully saturated rings. The van der Waals surface area contributed by atoms with E-state index in [-0.39, 0.29) is 33.0 Å². The molecule has 0 aliphatic carbocycles. The number of nitrogens with two attached hydrogens (primary N) is 1. The number of ketones is 1. The maximum absolute atomic E-state index is 13.5. The Morgan fingerprint density at radius 1 is 0.795 bits per heavy atom. The minimum atomic E-state index is -3.64. The molecule has 3 aromatic rings. The summed E-state index contributed by atoms with van der Waals surface area (Å²) < 4.78 is 26.1. The molecule has 10 heteroatoms. The maximum atomic E-state index is 13.5. The Hall–Kier alpha value is -4.28. The third-order valence-corrected chi connectivity index (χ3v) is 7.47. The second-order valence-corrected chi connectivity index (χ2v) is 11.6. The number of amides is 1. The standard InChI is InChI=1S/C29H33N5O4S/c1-29(2,3)22-15-11-20(12-16-22)26(31-4)27(35)24(30)25(19-9-7-6-8-10-19)33-34-28(36)21-13-17-23(18-14-21)39(37,38)32-5/h6-18,32-33H,30H2,1-5H3,(H,34,36). The topological polar surface area (TPSA) is 143 Å². The average molecular weight is 548 g/mol. The number of carbonyl (C=O) groups excluding carboxylic acids is 2. The first-order chi connectivity index (χ1) is 18.4. The van der Waals surface area contributed by atoms with Gasteiger partial charge in [0.05, 0.1) is 10.6 Å². The van der Waals surface area contributed by atoms with Gasteiger partial charge in [0.15, 0.2) is 0 Å². The first kappa shape index (κ1) is 29.3. The van der Waals surface area contributed by atoms with E-state index in [1.807, 2.05) is 30.3 Å². The fraction of sp³-hybridized carbons (Fsp3) is 0.207. The molecule has 0 atom stereocenters. The Balaban J connectivity index is 1.90. The molecule has 9 nitrogen and oxygen atoms in total. The van der Waals surface area contributed by atoms with Crippen molar-refractivity contribution in [3.8, 4) is 0 Å². The predicted molar refractivity (Wildman–Crippen MR) is 153 cm³/mol. The van der Waals surface area contributed by atoms with Gasteiger partial charge in [-0.1, -0.05) is 75.4 Å². The van der Waals surface area contributed by atoms with Gasteiger partial charge in [-0.25, -0.2) is 13.1 Å². The first-order valence-corrected chi connectivity index (χ1v) is 13.6. The number of hydrogen-bond donors (Lipinski definition) is 4. The van der Waals surface area contributed by atoms with E-state index >= 15 is 0 Å². The summed E-state index contributed by atoms with van der Waals surface area (Å²) in [5.74, 6) is -1.07. The highest BCUT2D eigenvalue weighted by atomic mass is 32.2. The largest absolute Gasteiger partial charge is 0.394 e. The summed E-state index contributed by atoms with van der Waals surface area (Å²) >= 11 is 0. The molecule has 0 aliphatic heterocycles. The number of nitrogens with zero attached hydrogens (tertiary/aromatic N) is 1. The summed E-state index contributed by atoms with van der Waals surface area (Å²) in [4.78, 5) is 30.6. The molecule has 0 saturated carbocycles. The Kier molecular flexibility index (Phi) is 9.05. The van der Waals surface area contributed by atoms with Crippen molar-refractivity contribution >= 4 is 33.1 Å². The SMILES string of the molecule is CN=C(C(=O)C(N)=C(NNC(=O)c1ccc(S(=O)(=O)NC)cc1)c1ccccc1)c1ccc(C(C)(C)C)cc1. The first-order valence-electron chi connectivity index (χ1n) is 12.2. The van der Waals surface area contributed by atoms with Crippen molar-refractivity contribution in [1.29, 1.82) is 0 Å². The van der Waals surface area contributed by atoms with Gasteiger partial charge in [0.1, 0.15) is 11.4 Å². The highest BCUT2D eigenvalue weighted by Crippen LogP contribution is 2.23. The fourth-order valence-corrected chi connectivity index (χ4v) is 4.46. The Morgan fingerprint density at radius 2 is 1.36 bits per heavy atom. The van der Waals surface area contributed by atoms with Gasteiger partial charge in [-0.05, 0) is 42.3 Å². The summed E-state index contributed by atoms with van der Waals surface area (Å²) in [5, 5.41) is 0. The zero-order chi connectivity index (χ0) is 28.8. The van der Waals surface area contributed by atoms with Gasteiger partial charge in [0.2, 0.25) is 15.8 Å². The number of aliphatic imine (C=N–C) groups is 1. The van der Waals surface area contributed by atoms with Gasteiger partial charge < -0.3 is 5.73 Å². The predicted octanol–water partition coefficient (Wildman–Crippen LogP) is 3.14. The molecule has 0 unspecified atom stereocenters. The summed E-state index contributed by atoms with van der Waals surface area (Å²) in [6.45, 7) is 6.31. The van der Waals surface area contributed by atoms with Crippen LogP contribution in [0.5, 0.6) is 0 Å². The molecular weight excluding hydrogens is 514 g/mol. The lowest BCUT2D eigenvalue weighted by Crippen LogP contribution is -2.39. The normalized spacial score (nSPS) is 12.9. The van der Waals surface area contributed by atoms with Crippen molar-refractivity contribution in [2.75, 3.05) is 14.1 Å².